The molecule has 0 aromatic heterocycles. The van der Waals surface area contributed by atoms with Gasteiger partial charge in [-0.15, -0.1) is 0 Å². The Bertz CT molecular complexity index is 330. The third-order valence-corrected chi connectivity index (χ3v) is 4.41. The maximum Gasteiger partial charge on any atom is 0.331 e. The molecule has 0 aromatic rings. The van der Waals surface area contributed by atoms with Crippen LogP contribution >= 0.6 is 0 Å². The van der Waals surface area contributed by atoms with Crippen LogP contribution in [0.4, 0.5) is 0 Å². The van der Waals surface area contributed by atoms with Gasteiger partial charge in [0, 0.05) is 18.5 Å². The maximum atomic E-state index is 12.5. The van der Waals surface area contributed by atoms with E-state index in [1.807, 2.05) is 4.90 Å². The second kappa shape index (κ2) is 4.41. The van der Waals surface area contributed by atoms with E-state index in [1.165, 1.54) is 0 Å². The zero-order chi connectivity index (χ0) is 12.6. The first kappa shape index (κ1) is 12.6. The summed E-state index contributed by atoms with van der Waals surface area (Å²) in [6.45, 7) is 7.96. The highest BCUT2D eigenvalue weighted by molar-refractivity contribution is 6.07. The molecule has 0 saturated carbocycles. The first-order valence-electron chi connectivity index (χ1n) is 6.48. The third-order valence-electron chi connectivity index (χ3n) is 4.41. The minimum atomic E-state index is -0.639. The maximum absolute atomic E-state index is 12.5. The molecule has 17 heavy (non-hydrogen) atoms. The second-order valence-corrected chi connectivity index (χ2v) is 5.37. The predicted molar refractivity (Wildman–Crippen MR) is 63.5 cm³/mol. The molecule has 4 heteroatoms. The predicted octanol–water partition coefficient (Wildman–Crippen LogP) is 1.24. The monoisotopic (exact) mass is 239 g/mol. The van der Waals surface area contributed by atoms with E-state index in [0.717, 1.165) is 25.9 Å². The summed E-state index contributed by atoms with van der Waals surface area (Å²) in [5.74, 6) is 0.0275. The number of hydrogen-bond acceptors (Lipinski definition) is 4. The van der Waals surface area contributed by atoms with Gasteiger partial charge in [-0.05, 0) is 25.7 Å². The minimum Gasteiger partial charge on any atom is -0.464 e. The van der Waals surface area contributed by atoms with Crippen LogP contribution in [0.1, 0.15) is 33.6 Å². The van der Waals surface area contributed by atoms with Crippen molar-refractivity contribution in [3.63, 3.8) is 0 Å². The van der Waals surface area contributed by atoms with E-state index in [-0.39, 0.29) is 17.2 Å². The first-order chi connectivity index (χ1) is 8.03. The van der Waals surface area contributed by atoms with E-state index in [0.29, 0.717) is 12.5 Å². The summed E-state index contributed by atoms with van der Waals surface area (Å²) < 4.78 is 5.03. The smallest absolute Gasteiger partial charge is 0.331 e. The van der Waals surface area contributed by atoms with Crippen LogP contribution in [0, 0.1) is 11.3 Å². The Morgan fingerprint density at radius 3 is 2.53 bits per heavy atom. The molecule has 1 atom stereocenters. The van der Waals surface area contributed by atoms with Crippen molar-refractivity contribution in [2.45, 2.75) is 39.7 Å². The van der Waals surface area contributed by atoms with Crippen LogP contribution in [0.3, 0.4) is 0 Å². The van der Waals surface area contributed by atoms with E-state index in [4.69, 9.17) is 4.74 Å². The van der Waals surface area contributed by atoms with Crippen molar-refractivity contribution >= 4 is 11.8 Å². The summed E-state index contributed by atoms with van der Waals surface area (Å²) in [5.41, 5.74) is -0.286. The highest BCUT2D eigenvalue weighted by Gasteiger charge is 2.56. The largest absolute Gasteiger partial charge is 0.464 e. The SMILES string of the molecule is CCOC(=O)C1C(=O)C2(C(C)C)CCN1CC2. The van der Waals surface area contributed by atoms with Crippen molar-refractivity contribution in [1.82, 2.24) is 4.90 Å². The summed E-state index contributed by atoms with van der Waals surface area (Å²) in [7, 11) is 0. The van der Waals surface area contributed by atoms with Crippen molar-refractivity contribution in [2.24, 2.45) is 11.3 Å². The Morgan fingerprint density at radius 2 is 2.06 bits per heavy atom. The summed E-state index contributed by atoms with van der Waals surface area (Å²) in [4.78, 5) is 26.4. The number of hydrogen-bond donors (Lipinski definition) is 0. The molecule has 0 spiro atoms. The molecule has 3 rings (SSSR count). The van der Waals surface area contributed by atoms with Crippen LogP contribution in [0.5, 0.6) is 0 Å². The number of ketones is 1. The number of nitrogens with zero attached hydrogens (tertiary/aromatic N) is 1. The van der Waals surface area contributed by atoms with E-state index < -0.39 is 6.04 Å². The molecule has 3 heterocycles. The van der Waals surface area contributed by atoms with Crippen molar-refractivity contribution in [2.75, 3.05) is 19.7 Å². The molecule has 4 nitrogen and oxygen atoms in total. The number of rotatable bonds is 3. The van der Waals surface area contributed by atoms with Crippen LogP contribution in [0.2, 0.25) is 0 Å². The van der Waals surface area contributed by atoms with Gasteiger partial charge >= 0.3 is 5.97 Å². The first-order valence-corrected chi connectivity index (χ1v) is 6.48. The Hall–Kier alpha value is -0.900. The van der Waals surface area contributed by atoms with Gasteiger partial charge in [0.1, 0.15) is 0 Å². The summed E-state index contributed by atoms with van der Waals surface area (Å²) in [6.07, 6.45) is 1.78. The lowest BCUT2D eigenvalue weighted by Crippen LogP contribution is -2.65. The van der Waals surface area contributed by atoms with Crippen LogP contribution in [0.15, 0.2) is 0 Å². The number of esters is 1. The molecule has 3 aliphatic rings. The zero-order valence-corrected chi connectivity index (χ0v) is 10.9. The fraction of sp³-hybridized carbons (Fsp3) is 0.846. The van der Waals surface area contributed by atoms with Crippen molar-refractivity contribution < 1.29 is 14.3 Å². The molecule has 1 unspecified atom stereocenters. The lowest BCUT2D eigenvalue weighted by Gasteiger charge is -2.52. The fourth-order valence-corrected chi connectivity index (χ4v) is 3.20. The average Bonchev–Trinajstić information content (AvgIpc) is 2.30. The quantitative estimate of drug-likeness (QED) is 0.549. The molecular formula is C13H21NO3. The number of fused-ring (bicyclic) bond motifs is 3. The number of piperidine rings is 3. The van der Waals surface area contributed by atoms with E-state index in [1.54, 1.807) is 6.92 Å². The van der Waals surface area contributed by atoms with Crippen LogP contribution in [0.25, 0.3) is 0 Å². The Kier molecular flexibility index (Phi) is 3.25. The molecule has 2 bridgehead atoms. The van der Waals surface area contributed by atoms with Gasteiger partial charge in [0.15, 0.2) is 11.8 Å². The van der Waals surface area contributed by atoms with Gasteiger partial charge in [0.25, 0.3) is 0 Å². The van der Waals surface area contributed by atoms with Gasteiger partial charge in [0.2, 0.25) is 0 Å². The van der Waals surface area contributed by atoms with E-state index >= 15 is 0 Å². The molecule has 0 aliphatic carbocycles. The van der Waals surface area contributed by atoms with Gasteiger partial charge in [-0.3, -0.25) is 9.69 Å². The number of Topliss-reactive ketones (excluding diaryl/α,β-unsaturated/α-hetero) is 1. The number of carbonyl (C=O) groups is 2. The number of carbonyl (C=O) groups excluding carboxylic acids is 2. The van der Waals surface area contributed by atoms with Gasteiger partial charge in [-0.25, -0.2) is 4.79 Å². The lowest BCUT2D eigenvalue weighted by molar-refractivity contribution is -0.168. The molecular weight excluding hydrogens is 218 g/mol. The topological polar surface area (TPSA) is 46.6 Å². The Balaban J connectivity index is 2.25. The standard InChI is InChI=1S/C13H21NO3/c1-4-17-12(16)10-11(15)13(9(2)3)5-7-14(10)8-6-13/h9-10H,4-8H2,1-3H3. The van der Waals surface area contributed by atoms with Crippen LogP contribution in [-0.4, -0.2) is 42.4 Å². The van der Waals surface area contributed by atoms with Crippen molar-refractivity contribution in [3.8, 4) is 0 Å². The molecule has 3 aliphatic heterocycles. The third kappa shape index (κ3) is 1.79. The highest BCUT2D eigenvalue weighted by Crippen LogP contribution is 2.46. The van der Waals surface area contributed by atoms with Gasteiger partial charge in [-0.1, -0.05) is 13.8 Å². The summed E-state index contributed by atoms with van der Waals surface area (Å²) in [5, 5.41) is 0. The Labute approximate surface area is 102 Å². The molecule has 96 valence electrons. The minimum absolute atomic E-state index is 0.0865. The highest BCUT2D eigenvalue weighted by atomic mass is 16.5. The van der Waals surface area contributed by atoms with Crippen LogP contribution < -0.4 is 0 Å². The van der Waals surface area contributed by atoms with E-state index in [9.17, 15) is 9.59 Å². The van der Waals surface area contributed by atoms with E-state index in [2.05, 4.69) is 13.8 Å². The summed E-state index contributed by atoms with van der Waals surface area (Å²) >= 11 is 0. The average molecular weight is 239 g/mol. The zero-order valence-electron chi connectivity index (χ0n) is 10.9. The molecule has 3 saturated heterocycles. The molecule has 0 N–H and O–H groups in total. The summed E-state index contributed by atoms with van der Waals surface area (Å²) in [6, 6.07) is -0.639. The molecule has 3 fully saturated rings. The van der Waals surface area contributed by atoms with Crippen LogP contribution in [-0.2, 0) is 14.3 Å². The molecule has 0 amide bonds. The van der Waals surface area contributed by atoms with Crippen molar-refractivity contribution in [3.05, 3.63) is 0 Å². The normalized spacial score (nSPS) is 36.4. The Morgan fingerprint density at radius 1 is 1.47 bits per heavy atom. The van der Waals surface area contributed by atoms with Crippen molar-refractivity contribution in [1.29, 1.82) is 0 Å². The fourth-order valence-electron chi connectivity index (χ4n) is 3.20. The van der Waals surface area contributed by atoms with Gasteiger partial charge < -0.3 is 4.74 Å². The lowest BCUT2D eigenvalue weighted by atomic mass is 9.62. The van der Waals surface area contributed by atoms with Gasteiger partial charge in [0.05, 0.1) is 6.61 Å². The molecule has 0 radical (unpaired) electrons. The second-order valence-electron chi connectivity index (χ2n) is 5.37. The molecule has 0 aromatic carbocycles. The number of ether oxygens (including phenoxy) is 1. The van der Waals surface area contributed by atoms with Gasteiger partial charge in [-0.2, -0.15) is 0 Å².